The highest BCUT2D eigenvalue weighted by Crippen LogP contribution is 2.30. The van der Waals surface area contributed by atoms with Crippen LogP contribution in [0.25, 0.3) is 10.9 Å². The maximum atomic E-state index is 15.3. The van der Waals surface area contributed by atoms with E-state index in [1.807, 2.05) is 4.90 Å². The predicted molar refractivity (Wildman–Crippen MR) is 137 cm³/mol. The molecular formula is C27H23ClF2N2O3S. The van der Waals surface area contributed by atoms with E-state index < -0.39 is 31.8 Å². The van der Waals surface area contributed by atoms with Gasteiger partial charge in [0.15, 0.2) is 0 Å². The molecule has 4 aromatic rings. The van der Waals surface area contributed by atoms with Crippen molar-refractivity contribution in [3.8, 4) is 0 Å². The Bertz CT molecular complexity index is 1630. The first-order valence-electron chi connectivity index (χ1n) is 11.6. The van der Waals surface area contributed by atoms with Crippen LogP contribution in [0, 0.1) is 11.6 Å². The van der Waals surface area contributed by atoms with Crippen molar-refractivity contribution < 1.29 is 17.2 Å². The van der Waals surface area contributed by atoms with Crippen LogP contribution in [0.3, 0.4) is 0 Å². The zero-order valence-electron chi connectivity index (χ0n) is 19.3. The maximum Gasteiger partial charge on any atom is 0.211 e. The summed E-state index contributed by atoms with van der Waals surface area (Å²) in [4.78, 5) is 14.8. The first kappa shape index (κ1) is 24.5. The van der Waals surface area contributed by atoms with E-state index in [1.165, 1.54) is 42.6 Å². The largest absolute Gasteiger partial charge is 0.369 e. The quantitative estimate of drug-likeness (QED) is 0.328. The second-order valence-corrected chi connectivity index (χ2v) is 11.3. The standard InChI is InChI=1S/C27H23ClF2N2O3S/c28-19-7-5-9-21(13-19)36(34,35)26-17-32(16-18-6-4-8-20(29)12-18)24-15-25(31-10-2-1-3-11-31)23(30)14-22(24)27(26)33/h4-9,12-15,17H,1-3,10-11,16H2. The first-order chi connectivity index (χ1) is 17.2. The lowest BCUT2D eigenvalue weighted by molar-refractivity contribution is 0.557. The number of sulfone groups is 1. The Morgan fingerprint density at radius 3 is 2.39 bits per heavy atom. The number of aromatic nitrogens is 1. The summed E-state index contributed by atoms with van der Waals surface area (Å²) in [5.74, 6) is -1.03. The minimum atomic E-state index is -4.27. The smallest absolute Gasteiger partial charge is 0.211 e. The van der Waals surface area contributed by atoms with Crippen molar-refractivity contribution in [3.63, 3.8) is 0 Å². The summed E-state index contributed by atoms with van der Waals surface area (Å²) < 4.78 is 57.7. The van der Waals surface area contributed by atoms with E-state index in [-0.39, 0.29) is 21.8 Å². The van der Waals surface area contributed by atoms with Crippen LogP contribution in [0.4, 0.5) is 14.5 Å². The Hall–Kier alpha value is -3.23. The van der Waals surface area contributed by atoms with E-state index >= 15 is 4.39 Å². The van der Waals surface area contributed by atoms with E-state index in [0.29, 0.717) is 29.9 Å². The molecule has 5 nitrogen and oxygen atoms in total. The molecule has 1 fully saturated rings. The fourth-order valence-corrected chi connectivity index (χ4v) is 6.33. The van der Waals surface area contributed by atoms with Gasteiger partial charge in [0.05, 0.1) is 21.5 Å². The number of pyridine rings is 1. The van der Waals surface area contributed by atoms with Crippen LogP contribution in [0.15, 0.2) is 81.4 Å². The Morgan fingerprint density at radius 2 is 1.67 bits per heavy atom. The lowest BCUT2D eigenvalue weighted by Gasteiger charge is -2.29. The van der Waals surface area contributed by atoms with Crippen LogP contribution in [0.5, 0.6) is 0 Å². The van der Waals surface area contributed by atoms with Crippen molar-refractivity contribution in [2.24, 2.45) is 0 Å². The van der Waals surface area contributed by atoms with Gasteiger partial charge in [-0.05, 0) is 67.3 Å². The van der Waals surface area contributed by atoms with E-state index in [0.717, 1.165) is 25.3 Å². The van der Waals surface area contributed by atoms with E-state index in [9.17, 15) is 17.6 Å². The first-order valence-corrected chi connectivity index (χ1v) is 13.5. The van der Waals surface area contributed by atoms with Gasteiger partial charge in [0.1, 0.15) is 16.5 Å². The Morgan fingerprint density at radius 1 is 0.917 bits per heavy atom. The molecule has 0 bridgehead atoms. The number of halogens is 3. The Labute approximate surface area is 212 Å². The number of fused-ring (bicyclic) bond motifs is 1. The number of piperidine rings is 1. The zero-order chi connectivity index (χ0) is 25.4. The third-order valence-corrected chi connectivity index (χ3v) is 8.43. The highest BCUT2D eigenvalue weighted by atomic mass is 35.5. The molecule has 1 aliphatic heterocycles. The molecule has 1 saturated heterocycles. The van der Waals surface area contributed by atoms with Crippen molar-refractivity contribution in [1.82, 2.24) is 4.57 Å². The number of hydrogen-bond donors (Lipinski definition) is 0. The van der Waals surface area contributed by atoms with Gasteiger partial charge >= 0.3 is 0 Å². The third-order valence-electron chi connectivity index (χ3n) is 6.45. The van der Waals surface area contributed by atoms with Gasteiger partial charge < -0.3 is 9.47 Å². The number of hydrogen-bond acceptors (Lipinski definition) is 4. The van der Waals surface area contributed by atoms with Crippen molar-refractivity contribution in [2.75, 3.05) is 18.0 Å². The van der Waals surface area contributed by atoms with Crippen molar-refractivity contribution in [1.29, 1.82) is 0 Å². The highest BCUT2D eigenvalue weighted by molar-refractivity contribution is 7.91. The fourth-order valence-electron chi connectivity index (χ4n) is 4.67. The lowest BCUT2D eigenvalue weighted by atomic mass is 10.1. The molecule has 36 heavy (non-hydrogen) atoms. The second-order valence-electron chi connectivity index (χ2n) is 8.91. The molecule has 0 aliphatic carbocycles. The maximum absolute atomic E-state index is 15.3. The fraction of sp³-hybridized carbons (Fsp3) is 0.222. The van der Waals surface area contributed by atoms with Gasteiger partial charge in [0.2, 0.25) is 15.3 Å². The molecule has 0 saturated carbocycles. The molecular weight excluding hydrogens is 506 g/mol. The molecule has 0 atom stereocenters. The van der Waals surface area contributed by atoms with E-state index in [2.05, 4.69) is 0 Å². The number of benzene rings is 3. The van der Waals surface area contributed by atoms with E-state index in [1.54, 1.807) is 22.8 Å². The van der Waals surface area contributed by atoms with Crippen LogP contribution >= 0.6 is 11.6 Å². The van der Waals surface area contributed by atoms with Crippen molar-refractivity contribution in [2.45, 2.75) is 35.6 Å². The van der Waals surface area contributed by atoms with Crippen LogP contribution < -0.4 is 10.3 Å². The average Bonchev–Trinajstić information content (AvgIpc) is 2.86. The zero-order valence-corrected chi connectivity index (χ0v) is 20.8. The van der Waals surface area contributed by atoms with Gasteiger partial charge in [-0.25, -0.2) is 17.2 Å². The van der Waals surface area contributed by atoms with Gasteiger partial charge in [-0.3, -0.25) is 4.79 Å². The van der Waals surface area contributed by atoms with Crippen LogP contribution in [-0.2, 0) is 16.4 Å². The summed E-state index contributed by atoms with van der Waals surface area (Å²) >= 11 is 6.00. The molecule has 2 heterocycles. The van der Waals surface area contributed by atoms with Crippen LogP contribution in [0.1, 0.15) is 24.8 Å². The number of rotatable bonds is 5. The molecule has 0 unspecified atom stereocenters. The Kier molecular flexibility index (Phi) is 6.57. The normalized spacial score (nSPS) is 14.4. The molecule has 1 aromatic heterocycles. The predicted octanol–water partition coefficient (Wildman–Crippen LogP) is 5.80. The molecule has 0 amide bonds. The topological polar surface area (TPSA) is 59.4 Å². The van der Waals surface area contributed by atoms with Gasteiger partial charge in [-0.2, -0.15) is 0 Å². The monoisotopic (exact) mass is 528 g/mol. The van der Waals surface area contributed by atoms with E-state index in [4.69, 9.17) is 11.6 Å². The minimum absolute atomic E-state index is 0.0623. The van der Waals surface area contributed by atoms with Crippen molar-refractivity contribution in [3.05, 3.63) is 99.3 Å². The Balaban J connectivity index is 1.75. The second kappa shape index (κ2) is 9.67. The van der Waals surface area contributed by atoms with Gasteiger partial charge in [-0.1, -0.05) is 29.8 Å². The van der Waals surface area contributed by atoms with Gasteiger partial charge in [0, 0.05) is 30.9 Å². The molecule has 0 spiro atoms. The molecule has 186 valence electrons. The highest BCUT2D eigenvalue weighted by Gasteiger charge is 2.26. The summed E-state index contributed by atoms with van der Waals surface area (Å²) in [5.41, 5.74) is 0.496. The SMILES string of the molecule is O=c1c(S(=O)(=O)c2cccc(Cl)c2)cn(Cc2cccc(F)c2)c2cc(N3CCCCC3)c(F)cc12. The average molecular weight is 529 g/mol. The number of nitrogens with zero attached hydrogens (tertiary/aromatic N) is 2. The third kappa shape index (κ3) is 4.63. The molecule has 0 N–H and O–H groups in total. The molecule has 0 radical (unpaired) electrons. The minimum Gasteiger partial charge on any atom is -0.369 e. The summed E-state index contributed by atoms with van der Waals surface area (Å²) in [6, 6.07) is 14.2. The summed E-state index contributed by atoms with van der Waals surface area (Å²) in [7, 11) is -4.27. The molecule has 3 aromatic carbocycles. The van der Waals surface area contributed by atoms with Gasteiger partial charge in [-0.15, -0.1) is 0 Å². The molecule has 9 heteroatoms. The van der Waals surface area contributed by atoms with Gasteiger partial charge in [0.25, 0.3) is 0 Å². The summed E-state index contributed by atoms with van der Waals surface area (Å²) in [6.07, 6.45) is 4.19. The summed E-state index contributed by atoms with van der Waals surface area (Å²) in [5, 5.41) is 0.141. The number of anilines is 1. The van der Waals surface area contributed by atoms with Crippen LogP contribution in [-0.4, -0.2) is 26.1 Å². The lowest BCUT2D eigenvalue weighted by Crippen LogP contribution is -2.30. The molecule has 1 aliphatic rings. The van der Waals surface area contributed by atoms with Crippen molar-refractivity contribution >= 4 is 38.0 Å². The molecule has 5 rings (SSSR count). The van der Waals surface area contributed by atoms with Crippen LogP contribution in [0.2, 0.25) is 5.02 Å². The summed E-state index contributed by atoms with van der Waals surface area (Å²) in [6.45, 7) is 1.47.